The van der Waals surface area contributed by atoms with E-state index in [0.29, 0.717) is 24.8 Å². The summed E-state index contributed by atoms with van der Waals surface area (Å²) in [5.74, 6) is -0.201. The van der Waals surface area contributed by atoms with E-state index in [1.54, 1.807) is 28.8 Å². The molecule has 0 aliphatic carbocycles. The Balaban J connectivity index is 3.10. The van der Waals surface area contributed by atoms with E-state index in [1.807, 2.05) is 20.8 Å². The average molecular weight is 281 g/mol. The summed E-state index contributed by atoms with van der Waals surface area (Å²) in [7, 11) is 0. The normalized spacial score (nSPS) is 12.4. The van der Waals surface area contributed by atoms with Gasteiger partial charge in [-0.3, -0.25) is 9.59 Å². The van der Waals surface area contributed by atoms with Gasteiger partial charge in [0.05, 0.1) is 6.42 Å². The Bertz CT molecular complexity index is 511. The van der Waals surface area contributed by atoms with Crippen molar-refractivity contribution in [3.8, 4) is 0 Å². The Morgan fingerprint density at radius 1 is 1.45 bits per heavy atom. The lowest BCUT2D eigenvalue weighted by Gasteiger charge is -2.27. The predicted octanol–water partition coefficient (Wildman–Crippen LogP) is 1.59. The Kier molecular flexibility index (Phi) is 5.73. The van der Waals surface area contributed by atoms with Crippen LogP contribution in [0.2, 0.25) is 0 Å². The van der Waals surface area contributed by atoms with Crippen LogP contribution in [0.25, 0.3) is 0 Å². The minimum atomic E-state index is -0.880. The minimum absolute atomic E-state index is 0.0198. The van der Waals surface area contributed by atoms with Crippen molar-refractivity contribution in [2.45, 2.75) is 46.7 Å². The van der Waals surface area contributed by atoms with Crippen molar-refractivity contribution in [1.82, 2.24) is 9.55 Å². The zero-order valence-electron chi connectivity index (χ0n) is 12.5. The van der Waals surface area contributed by atoms with Crippen molar-refractivity contribution >= 4 is 11.8 Å². The molecule has 6 nitrogen and oxygen atoms in total. The van der Waals surface area contributed by atoms with E-state index >= 15 is 0 Å². The molecule has 112 valence electrons. The average Bonchev–Trinajstić information content (AvgIpc) is 2.33. The molecule has 1 N–H and O–H groups in total. The quantitative estimate of drug-likeness (QED) is 0.821. The van der Waals surface area contributed by atoms with E-state index in [1.165, 1.54) is 0 Å². The maximum absolute atomic E-state index is 12.4. The molecule has 1 unspecified atom stereocenters. The van der Waals surface area contributed by atoms with E-state index in [0.717, 1.165) is 0 Å². The second-order valence-electron chi connectivity index (χ2n) is 5.34. The highest BCUT2D eigenvalue weighted by molar-refractivity contribution is 5.68. The van der Waals surface area contributed by atoms with Gasteiger partial charge < -0.3 is 14.6 Å². The zero-order chi connectivity index (χ0) is 15.3. The summed E-state index contributed by atoms with van der Waals surface area (Å²) in [6, 6.07) is -0.271. The highest BCUT2D eigenvalue weighted by Gasteiger charge is 2.20. The molecule has 0 saturated heterocycles. The van der Waals surface area contributed by atoms with E-state index < -0.39 is 5.97 Å². The van der Waals surface area contributed by atoms with Gasteiger partial charge in [0.1, 0.15) is 0 Å². The monoisotopic (exact) mass is 281 g/mol. The highest BCUT2D eigenvalue weighted by atomic mass is 16.4. The molecule has 0 spiro atoms. The zero-order valence-corrected chi connectivity index (χ0v) is 12.5. The van der Waals surface area contributed by atoms with Crippen LogP contribution in [0.1, 0.15) is 34.1 Å². The van der Waals surface area contributed by atoms with Crippen LogP contribution < -0.4 is 10.5 Å². The van der Waals surface area contributed by atoms with Crippen LogP contribution >= 0.6 is 0 Å². The number of carboxylic acids is 1. The van der Waals surface area contributed by atoms with Gasteiger partial charge in [0.25, 0.3) is 5.56 Å². The maximum Gasteiger partial charge on any atom is 0.305 e. The van der Waals surface area contributed by atoms with Crippen LogP contribution in [0.4, 0.5) is 5.82 Å². The minimum Gasteiger partial charge on any atom is -0.481 e. The topological polar surface area (TPSA) is 75.4 Å². The van der Waals surface area contributed by atoms with Gasteiger partial charge in [-0.05, 0) is 19.8 Å². The lowest BCUT2D eigenvalue weighted by Crippen LogP contribution is -2.40. The molecule has 1 atom stereocenters. The molecule has 20 heavy (non-hydrogen) atoms. The van der Waals surface area contributed by atoms with Gasteiger partial charge in [-0.2, -0.15) is 0 Å². The summed E-state index contributed by atoms with van der Waals surface area (Å²) >= 11 is 0. The summed E-state index contributed by atoms with van der Waals surface area (Å²) in [5.41, 5.74) is -0.166. The molecule has 1 heterocycles. The molecule has 0 bridgehead atoms. The molecule has 1 aromatic rings. The highest BCUT2D eigenvalue weighted by Crippen LogP contribution is 2.11. The van der Waals surface area contributed by atoms with Gasteiger partial charge in [-0.1, -0.05) is 13.8 Å². The number of aromatic nitrogens is 2. The number of nitrogens with zero attached hydrogens (tertiary/aromatic N) is 3. The number of hydrogen-bond donors (Lipinski definition) is 1. The van der Waals surface area contributed by atoms with Crippen LogP contribution in [0.3, 0.4) is 0 Å². The van der Waals surface area contributed by atoms with Crippen molar-refractivity contribution in [3.05, 3.63) is 22.7 Å². The van der Waals surface area contributed by atoms with Crippen LogP contribution in [-0.4, -0.2) is 33.2 Å². The fourth-order valence-electron chi connectivity index (χ4n) is 2.20. The Morgan fingerprint density at radius 3 is 2.60 bits per heavy atom. The lowest BCUT2D eigenvalue weighted by atomic mass is 10.2. The van der Waals surface area contributed by atoms with E-state index in [2.05, 4.69) is 4.98 Å². The number of carbonyl (C=O) groups is 1. The van der Waals surface area contributed by atoms with Gasteiger partial charge in [0.2, 0.25) is 0 Å². The number of anilines is 1. The first-order valence-electron chi connectivity index (χ1n) is 6.90. The second kappa shape index (κ2) is 7.07. The number of hydrogen-bond acceptors (Lipinski definition) is 4. The summed E-state index contributed by atoms with van der Waals surface area (Å²) in [6.07, 6.45) is 3.24. The molecule has 0 amide bonds. The molecular formula is C14H23N3O3. The number of carboxylic acid groups (broad SMARTS) is 1. The third-order valence-electron chi connectivity index (χ3n) is 3.07. The van der Waals surface area contributed by atoms with E-state index in [9.17, 15) is 9.59 Å². The molecule has 1 rings (SSSR count). The summed E-state index contributed by atoms with van der Waals surface area (Å²) in [5, 5.41) is 8.89. The Labute approximate surface area is 119 Å². The molecule has 0 saturated carbocycles. The summed E-state index contributed by atoms with van der Waals surface area (Å²) < 4.78 is 1.63. The summed E-state index contributed by atoms with van der Waals surface area (Å²) in [4.78, 5) is 29.1. The molecule has 0 aliphatic heterocycles. The largest absolute Gasteiger partial charge is 0.481 e. The van der Waals surface area contributed by atoms with Crippen LogP contribution in [-0.2, 0) is 11.3 Å². The van der Waals surface area contributed by atoms with Crippen molar-refractivity contribution in [2.24, 2.45) is 5.92 Å². The molecule has 0 radical (unpaired) electrons. The van der Waals surface area contributed by atoms with E-state index in [-0.39, 0.29) is 18.0 Å². The first-order chi connectivity index (χ1) is 9.36. The van der Waals surface area contributed by atoms with Gasteiger partial charge in [-0.25, -0.2) is 4.98 Å². The Morgan fingerprint density at radius 2 is 2.10 bits per heavy atom. The lowest BCUT2D eigenvalue weighted by molar-refractivity contribution is -0.137. The molecule has 1 aromatic heterocycles. The van der Waals surface area contributed by atoms with Crippen molar-refractivity contribution in [3.63, 3.8) is 0 Å². The van der Waals surface area contributed by atoms with Crippen LogP contribution in [0.15, 0.2) is 17.2 Å². The molecule has 6 heteroatoms. The standard InChI is InChI=1S/C14H23N3O3/c1-5-17(11(4)8-12(18)19)13-14(20)16(7-6-15-13)9-10(2)3/h6-7,10-11H,5,8-9H2,1-4H3,(H,18,19). The number of aliphatic carboxylic acids is 1. The second-order valence-corrected chi connectivity index (χ2v) is 5.34. The van der Waals surface area contributed by atoms with Gasteiger partial charge in [0, 0.05) is 31.5 Å². The van der Waals surface area contributed by atoms with Crippen LogP contribution in [0, 0.1) is 5.92 Å². The first kappa shape index (κ1) is 16.2. The first-order valence-corrected chi connectivity index (χ1v) is 6.90. The van der Waals surface area contributed by atoms with Crippen molar-refractivity contribution < 1.29 is 9.90 Å². The fraction of sp³-hybridized carbons (Fsp3) is 0.643. The SMILES string of the molecule is CCN(c1nccn(CC(C)C)c1=O)C(C)CC(=O)O. The fourth-order valence-corrected chi connectivity index (χ4v) is 2.20. The molecule has 0 aliphatic rings. The summed E-state index contributed by atoms with van der Waals surface area (Å²) in [6.45, 7) is 8.92. The van der Waals surface area contributed by atoms with Crippen LogP contribution in [0.5, 0.6) is 0 Å². The molecule has 0 fully saturated rings. The molecular weight excluding hydrogens is 258 g/mol. The Hall–Kier alpha value is -1.85. The van der Waals surface area contributed by atoms with E-state index in [4.69, 9.17) is 5.11 Å². The van der Waals surface area contributed by atoms with Crippen molar-refractivity contribution in [2.75, 3.05) is 11.4 Å². The third-order valence-corrected chi connectivity index (χ3v) is 3.07. The maximum atomic E-state index is 12.4. The third kappa shape index (κ3) is 4.08. The van der Waals surface area contributed by atoms with Gasteiger partial charge >= 0.3 is 5.97 Å². The predicted molar refractivity (Wildman–Crippen MR) is 78.1 cm³/mol. The number of rotatable bonds is 7. The van der Waals surface area contributed by atoms with Gasteiger partial charge in [-0.15, -0.1) is 0 Å². The van der Waals surface area contributed by atoms with Gasteiger partial charge in [0.15, 0.2) is 5.82 Å². The smallest absolute Gasteiger partial charge is 0.305 e. The molecule has 0 aromatic carbocycles. The van der Waals surface area contributed by atoms with Crippen molar-refractivity contribution in [1.29, 1.82) is 0 Å².